The fourth-order valence-corrected chi connectivity index (χ4v) is 2.20. The molecule has 1 aromatic rings. The first-order chi connectivity index (χ1) is 9.68. The van der Waals surface area contributed by atoms with Crippen LogP contribution in [0.15, 0.2) is 24.3 Å². The molecule has 1 unspecified atom stereocenters. The van der Waals surface area contributed by atoms with E-state index in [-0.39, 0.29) is 18.5 Å². The molecule has 21 heavy (non-hydrogen) atoms. The third-order valence-corrected chi connectivity index (χ3v) is 4.75. The van der Waals surface area contributed by atoms with Gasteiger partial charge in [0.25, 0.3) is 0 Å². The zero-order valence-electron chi connectivity index (χ0n) is 13.0. The monoisotopic (exact) mass is 314 g/mol. The van der Waals surface area contributed by atoms with Crippen LogP contribution in [0.4, 0.5) is 0 Å². The van der Waals surface area contributed by atoms with E-state index >= 15 is 0 Å². The molecule has 0 spiro atoms. The smallest absolute Gasteiger partial charge is 0.238 e. The summed E-state index contributed by atoms with van der Waals surface area (Å²) in [6, 6.07) is 7.21. The summed E-state index contributed by atoms with van der Waals surface area (Å²) in [7, 11) is 1.23. The van der Waals surface area contributed by atoms with E-state index in [1.807, 2.05) is 31.2 Å². The Morgan fingerprint density at radius 2 is 1.86 bits per heavy atom. The van der Waals surface area contributed by atoms with Crippen molar-refractivity contribution in [2.75, 3.05) is 34.0 Å². The summed E-state index contributed by atoms with van der Waals surface area (Å²) in [5.74, 6) is 0.419. The maximum Gasteiger partial charge on any atom is 0.238 e. The van der Waals surface area contributed by atoms with Crippen molar-refractivity contribution in [2.45, 2.75) is 13.0 Å². The maximum atomic E-state index is 12.2. The van der Waals surface area contributed by atoms with E-state index in [0.29, 0.717) is 5.75 Å². The van der Waals surface area contributed by atoms with Gasteiger partial charge in [0.2, 0.25) is 15.9 Å². The highest BCUT2D eigenvalue weighted by Gasteiger charge is 2.23. The Bertz CT molecular complexity index is 601. The predicted molar refractivity (Wildman–Crippen MR) is 81.7 cm³/mol. The van der Waals surface area contributed by atoms with Crippen molar-refractivity contribution in [3.05, 3.63) is 29.8 Å². The number of ether oxygens (including phenoxy) is 1. The molecule has 0 saturated carbocycles. The van der Waals surface area contributed by atoms with E-state index in [1.165, 1.54) is 11.9 Å². The number of methoxy groups -OCH3 is 1. The molecule has 0 bridgehead atoms. The summed E-state index contributed by atoms with van der Waals surface area (Å²) in [4.78, 5) is 13.7. The van der Waals surface area contributed by atoms with Gasteiger partial charge < -0.3 is 9.64 Å². The molecule has 1 aromatic carbocycles. The van der Waals surface area contributed by atoms with Gasteiger partial charge in [-0.25, -0.2) is 8.42 Å². The maximum absolute atomic E-state index is 12.2. The predicted octanol–water partition coefficient (Wildman–Crippen LogP) is 1.11. The van der Waals surface area contributed by atoms with Gasteiger partial charge in [-0.05, 0) is 13.0 Å². The first-order valence-corrected chi connectivity index (χ1v) is 8.33. The minimum Gasteiger partial charge on any atom is -0.496 e. The van der Waals surface area contributed by atoms with Gasteiger partial charge in [-0.1, -0.05) is 18.2 Å². The minimum atomic E-state index is -3.37. The molecule has 0 N–H and O–H groups in total. The van der Waals surface area contributed by atoms with Crippen LogP contribution in [0.2, 0.25) is 0 Å². The molecule has 0 aliphatic rings. The summed E-state index contributed by atoms with van der Waals surface area (Å²) in [6.45, 7) is 1.69. The Kier molecular flexibility index (Phi) is 5.74. The highest BCUT2D eigenvalue weighted by molar-refractivity contribution is 7.88. The summed E-state index contributed by atoms with van der Waals surface area (Å²) in [5.41, 5.74) is 0.873. The van der Waals surface area contributed by atoms with Gasteiger partial charge in [0.05, 0.1) is 26.0 Å². The number of benzene rings is 1. The topological polar surface area (TPSA) is 66.9 Å². The van der Waals surface area contributed by atoms with E-state index < -0.39 is 10.0 Å². The zero-order valence-corrected chi connectivity index (χ0v) is 13.8. The van der Waals surface area contributed by atoms with Crippen LogP contribution in [0, 0.1) is 0 Å². The summed E-state index contributed by atoms with van der Waals surface area (Å²) in [6.07, 6.45) is 1.07. The molecule has 1 atom stereocenters. The first kappa shape index (κ1) is 17.5. The molecule has 0 aromatic heterocycles. The Morgan fingerprint density at radius 1 is 1.29 bits per heavy atom. The molecular weight excluding hydrogens is 292 g/mol. The normalized spacial score (nSPS) is 13.0. The number of nitrogens with zero attached hydrogens (tertiary/aromatic N) is 2. The number of sulfonamides is 1. The second kappa shape index (κ2) is 6.91. The first-order valence-electron chi connectivity index (χ1n) is 6.48. The number of amides is 1. The molecule has 0 saturated heterocycles. The van der Waals surface area contributed by atoms with Crippen molar-refractivity contribution in [1.29, 1.82) is 0 Å². The number of rotatable bonds is 6. The van der Waals surface area contributed by atoms with E-state index in [0.717, 1.165) is 16.1 Å². The van der Waals surface area contributed by atoms with Crippen LogP contribution in [-0.2, 0) is 14.8 Å². The van der Waals surface area contributed by atoms with Crippen LogP contribution in [0.1, 0.15) is 18.5 Å². The number of hydrogen-bond donors (Lipinski definition) is 0. The number of likely N-dealkylation sites (N-methyl/N-ethyl adjacent to an activating group) is 2. The average Bonchev–Trinajstić information content (AvgIpc) is 2.44. The molecule has 118 valence electrons. The Morgan fingerprint density at radius 3 is 2.38 bits per heavy atom. The summed E-state index contributed by atoms with van der Waals surface area (Å²) >= 11 is 0. The fourth-order valence-electron chi connectivity index (χ4n) is 1.86. The van der Waals surface area contributed by atoms with E-state index in [2.05, 4.69) is 0 Å². The highest BCUT2D eigenvalue weighted by Crippen LogP contribution is 2.28. The highest BCUT2D eigenvalue weighted by atomic mass is 32.2. The van der Waals surface area contributed by atoms with Crippen molar-refractivity contribution in [2.24, 2.45) is 0 Å². The minimum absolute atomic E-state index is 0.186. The molecule has 0 aliphatic carbocycles. The molecule has 0 radical (unpaired) electrons. The molecular formula is C14H22N2O4S. The number of carbonyl (C=O) groups excluding carboxylic acids is 1. The lowest BCUT2D eigenvalue weighted by molar-refractivity contribution is -0.131. The lowest BCUT2D eigenvalue weighted by atomic mass is 10.1. The van der Waals surface area contributed by atoms with E-state index in [1.54, 1.807) is 14.2 Å². The van der Waals surface area contributed by atoms with Gasteiger partial charge in [0, 0.05) is 19.7 Å². The fraction of sp³-hybridized carbons (Fsp3) is 0.500. The van der Waals surface area contributed by atoms with Gasteiger partial charge in [-0.2, -0.15) is 4.31 Å². The third-order valence-electron chi connectivity index (χ3n) is 3.49. The summed E-state index contributed by atoms with van der Waals surface area (Å²) in [5, 5.41) is 0. The molecule has 0 aliphatic heterocycles. The van der Waals surface area contributed by atoms with Crippen molar-refractivity contribution >= 4 is 15.9 Å². The molecule has 0 heterocycles. The van der Waals surface area contributed by atoms with Gasteiger partial charge in [-0.3, -0.25) is 4.79 Å². The third kappa shape index (κ3) is 4.44. The molecule has 6 nitrogen and oxygen atoms in total. The number of hydrogen-bond acceptors (Lipinski definition) is 4. The van der Waals surface area contributed by atoms with E-state index in [9.17, 15) is 13.2 Å². The van der Waals surface area contributed by atoms with Gasteiger partial charge in [-0.15, -0.1) is 0 Å². The van der Waals surface area contributed by atoms with Crippen molar-refractivity contribution in [1.82, 2.24) is 9.21 Å². The van der Waals surface area contributed by atoms with Crippen LogP contribution in [0.3, 0.4) is 0 Å². The van der Waals surface area contributed by atoms with Crippen molar-refractivity contribution in [3.63, 3.8) is 0 Å². The second-order valence-electron chi connectivity index (χ2n) is 4.94. The lowest BCUT2D eigenvalue weighted by Gasteiger charge is -2.28. The quantitative estimate of drug-likeness (QED) is 0.789. The molecule has 1 rings (SSSR count). The lowest BCUT2D eigenvalue weighted by Crippen LogP contribution is -2.40. The van der Waals surface area contributed by atoms with Gasteiger partial charge >= 0.3 is 0 Å². The molecule has 0 fully saturated rings. The van der Waals surface area contributed by atoms with Crippen LogP contribution >= 0.6 is 0 Å². The van der Waals surface area contributed by atoms with Crippen LogP contribution in [0.25, 0.3) is 0 Å². The van der Waals surface area contributed by atoms with Crippen LogP contribution in [0.5, 0.6) is 5.75 Å². The Labute approximate surface area is 126 Å². The Hall–Kier alpha value is -1.60. The van der Waals surface area contributed by atoms with Crippen molar-refractivity contribution in [3.8, 4) is 5.75 Å². The SMILES string of the molecule is COc1ccccc1C(C)N(C)C(=O)CN(C)S(C)(=O)=O. The number of para-hydroxylation sites is 1. The standard InChI is InChI=1S/C14H22N2O4S/c1-11(12-8-6-7-9-13(12)20-4)16(3)14(17)10-15(2)21(5,18)19/h6-9,11H,10H2,1-5H3. The largest absolute Gasteiger partial charge is 0.496 e. The zero-order chi connectivity index (χ0) is 16.2. The Balaban J connectivity index is 2.87. The van der Waals surface area contributed by atoms with Crippen LogP contribution < -0.4 is 4.74 Å². The van der Waals surface area contributed by atoms with Crippen molar-refractivity contribution < 1.29 is 17.9 Å². The second-order valence-corrected chi connectivity index (χ2v) is 7.03. The van der Waals surface area contributed by atoms with Gasteiger partial charge in [0.1, 0.15) is 5.75 Å². The van der Waals surface area contributed by atoms with E-state index in [4.69, 9.17) is 4.74 Å². The summed E-state index contributed by atoms with van der Waals surface area (Å²) < 4.78 is 29.0. The van der Waals surface area contributed by atoms with Crippen LogP contribution in [-0.4, -0.2) is 57.5 Å². The molecule has 1 amide bonds. The molecule has 7 heteroatoms. The number of carbonyl (C=O) groups is 1. The average molecular weight is 314 g/mol. The van der Waals surface area contributed by atoms with Gasteiger partial charge in [0.15, 0.2) is 0 Å².